The SMILES string of the molecule is CCN(CC)S(=O)(=O)c1ccc(F)c(C(=O)OC)c1F. The molecule has 0 bridgehead atoms. The van der Waals surface area contributed by atoms with Crippen molar-refractivity contribution in [3.63, 3.8) is 0 Å². The standard InChI is InChI=1S/C12H15F2NO4S/c1-4-15(5-2)20(17,18)9-7-6-8(13)10(11(9)14)12(16)19-3/h6-7H,4-5H2,1-3H3. The Hall–Kier alpha value is -1.54. The van der Waals surface area contributed by atoms with Crippen molar-refractivity contribution in [2.75, 3.05) is 20.2 Å². The molecule has 0 fully saturated rings. The molecule has 5 nitrogen and oxygen atoms in total. The fraction of sp³-hybridized carbons (Fsp3) is 0.417. The number of sulfonamides is 1. The van der Waals surface area contributed by atoms with Crippen molar-refractivity contribution in [3.05, 3.63) is 29.3 Å². The molecule has 0 saturated carbocycles. The number of carbonyl (C=O) groups is 1. The average molecular weight is 307 g/mol. The quantitative estimate of drug-likeness (QED) is 0.778. The highest BCUT2D eigenvalue weighted by atomic mass is 32.2. The van der Waals surface area contributed by atoms with Crippen LogP contribution in [0.4, 0.5) is 8.78 Å². The van der Waals surface area contributed by atoms with Crippen LogP contribution in [-0.4, -0.2) is 38.9 Å². The number of halogens is 2. The molecule has 0 atom stereocenters. The number of benzene rings is 1. The molecule has 112 valence electrons. The third-order valence-corrected chi connectivity index (χ3v) is 4.84. The summed E-state index contributed by atoms with van der Waals surface area (Å²) in [5.74, 6) is -3.88. The number of esters is 1. The van der Waals surface area contributed by atoms with E-state index in [0.29, 0.717) is 0 Å². The summed E-state index contributed by atoms with van der Waals surface area (Å²) < 4.78 is 57.3. The van der Waals surface area contributed by atoms with Crippen molar-refractivity contribution in [2.45, 2.75) is 18.7 Å². The lowest BCUT2D eigenvalue weighted by Gasteiger charge is -2.19. The summed E-state index contributed by atoms with van der Waals surface area (Å²) in [6, 6.07) is 1.52. The Balaban J connectivity index is 3.53. The Morgan fingerprint density at radius 3 is 2.25 bits per heavy atom. The molecule has 0 aliphatic carbocycles. The number of carbonyl (C=O) groups excluding carboxylic acids is 1. The second kappa shape index (κ2) is 6.27. The summed E-state index contributed by atoms with van der Waals surface area (Å²) >= 11 is 0. The molecule has 0 N–H and O–H groups in total. The summed E-state index contributed by atoms with van der Waals surface area (Å²) in [5, 5.41) is 0. The van der Waals surface area contributed by atoms with Gasteiger partial charge >= 0.3 is 5.97 Å². The lowest BCUT2D eigenvalue weighted by atomic mass is 10.2. The molecule has 1 rings (SSSR count). The molecule has 1 aromatic carbocycles. The first-order chi connectivity index (χ1) is 9.31. The van der Waals surface area contributed by atoms with E-state index in [2.05, 4.69) is 4.74 Å². The summed E-state index contributed by atoms with van der Waals surface area (Å²) in [5.41, 5.74) is -1.01. The predicted molar refractivity (Wildman–Crippen MR) is 67.8 cm³/mol. The van der Waals surface area contributed by atoms with E-state index < -0.39 is 38.1 Å². The maximum absolute atomic E-state index is 14.2. The molecule has 0 saturated heterocycles. The van der Waals surface area contributed by atoms with Gasteiger partial charge in [0.2, 0.25) is 10.0 Å². The zero-order valence-corrected chi connectivity index (χ0v) is 12.1. The number of methoxy groups -OCH3 is 1. The number of hydrogen-bond donors (Lipinski definition) is 0. The zero-order valence-electron chi connectivity index (χ0n) is 11.3. The molecule has 0 spiro atoms. The van der Waals surface area contributed by atoms with Gasteiger partial charge in [0, 0.05) is 13.1 Å². The van der Waals surface area contributed by atoms with Crippen LogP contribution in [-0.2, 0) is 14.8 Å². The van der Waals surface area contributed by atoms with Gasteiger partial charge in [0.25, 0.3) is 0 Å². The Morgan fingerprint density at radius 2 is 1.80 bits per heavy atom. The lowest BCUT2D eigenvalue weighted by Crippen LogP contribution is -2.31. The first-order valence-corrected chi connectivity index (χ1v) is 7.31. The van der Waals surface area contributed by atoms with Gasteiger partial charge in [0.15, 0.2) is 5.82 Å². The van der Waals surface area contributed by atoms with Crippen LogP contribution in [0.3, 0.4) is 0 Å². The van der Waals surface area contributed by atoms with Crippen molar-refractivity contribution in [2.24, 2.45) is 0 Å². The number of nitrogens with zero attached hydrogens (tertiary/aromatic N) is 1. The van der Waals surface area contributed by atoms with E-state index in [9.17, 15) is 22.0 Å². The van der Waals surface area contributed by atoms with E-state index in [0.717, 1.165) is 23.5 Å². The molecular weight excluding hydrogens is 292 g/mol. The molecule has 0 heterocycles. The molecule has 8 heteroatoms. The summed E-state index contributed by atoms with van der Waals surface area (Å²) in [7, 11) is -3.18. The van der Waals surface area contributed by atoms with Crippen molar-refractivity contribution >= 4 is 16.0 Å². The number of hydrogen-bond acceptors (Lipinski definition) is 4. The molecule has 20 heavy (non-hydrogen) atoms. The minimum atomic E-state index is -4.13. The summed E-state index contributed by atoms with van der Waals surface area (Å²) in [6.07, 6.45) is 0. The van der Waals surface area contributed by atoms with Crippen LogP contribution < -0.4 is 0 Å². The van der Waals surface area contributed by atoms with Gasteiger partial charge in [-0.15, -0.1) is 0 Å². The van der Waals surface area contributed by atoms with Crippen molar-refractivity contribution < 1.29 is 26.7 Å². The van der Waals surface area contributed by atoms with Crippen molar-refractivity contribution in [1.82, 2.24) is 4.31 Å². The minimum Gasteiger partial charge on any atom is -0.465 e. The Morgan fingerprint density at radius 1 is 1.25 bits per heavy atom. The number of rotatable bonds is 5. The van der Waals surface area contributed by atoms with Crippen molar-refractivity contribution in [3.8, 4) is 0 Å². The van der Waals surface area contributed by atoms with Crippen LogP contribution in [0.1, 0.15) is 24.2 Å². The third-order valence-electron chi connectivity index (χ3n) is 2.77. The van der Waals surface area contributed by atoms with Crippen molar-refractivity contribution in [1.29, 1.82) is 0 Å². The van der Waals surface area contributed by atoms with Crippen LogP contribution >= 0.6 is 0 Å². The molecule has 0 unspecified atom stereocenters. The van der Waals surface area contributed by atoms with Crippen LogP contribution in [0.5, 0.6) is 0 Å². The molecule has 0 radical (unpaired) electrons. The van der Waals surface area contributed by atoms with Gasteiger partial charge in [-0.25, -0.2) is 22.0 Å². The van der Waals surface area contributed by atoms with Gasteiger partial charge in [0.1, 0.15) is 16.3 Å². The van der Waals surface area contributed by atoms with Crippen LogP contribution in [0.15, 0.2) is 17.0 Å². The van der Waals surface area contributed by atoms with Gasteiger partial charge < -0.3 is 4.74 Å². The first-order valence-electron chi connectivity index (χ1n) is 5.87. The van der Waals surface area contributed by atoms with Gasteiger partial charge in [-0.05, 0) is 12.1 Å². The fourth-order valence-corrected chi connectivity index (χ4v) is 3.25. The number of ether oxygens (including phenoxy) is 1. The Kier molecular flexibility index (Phi) is 5.18. The highest BCUT2D eigenvalue weighted by molar-refractivity contribution is 7.89. The Labute approximate surface area is 116 Å². The lowest BCUT2D eigenvalue weighted by molar-refractivity contribution is 0.0589. The highest BCUT2D eigenvalue weighted by Crippen LogP contribution is 2.24. The molecule has 0 aromatic heterocycles. The average Bonchev–Trinajstić information content (AvgIpc) is 2.39. The van der Waals surface area contributed by atoms with Crippen LogP contribution in [0.25, 0.3) is 0 Å². The van der Waals surface area contributed by atoms with Gasteiger partial charge in [-0.3, -0.25) is 0 Å². The van der Waals surface area contributed by atoms with Gasteiger partial charge in [0.05, 0.1) is 7.11 Å². The minimum absolute atomic E-state index is 0.128. The van der Waals surface area contributed by atoms with E-state index in [1.807, 2.05) is 0 Å². The molecule has 1 aromatic rings. The smallest absolute Gasteiger partial charge is 0.343 e. The zero-order chi connectivity index (χ0) is 15.5. The third kappa shape index (κ3) is 2.80. The van der Waals surface area contributed by atoms with E-state index in [4.69, 9.17) is 0 Å². The van der Waals surface area contributed by atoms with E-state index >= 15 is 0 Å². The maximum Gasteiger partial charge on any atom is 0.343 e. The summed E-state index contributed by atoms with van der Waals surface area (Å²) in [4.78, 5) is 10.6. The monoisotopic (exact) mass is 307 g/mol. The molecule has 0 aliphatic rings. The fourth-order valence-electron chi connectivity index (χ4n) is 1.72. The van der Waals surface area contributed by atoms with Crippen LogP contribution in [0, 0.1) is 11.6 Å². The maximum atomic E-state index is 14.2. The van der Waals surface area contributed by atoms with Gasteiger partial charge in [-0.2, -0.15) is 4.31 Å². The van der Waals surface area contributed by atoms with Gasteiger partial charge in [-0.1, -0.05) is 13.8 Å². The topological polar surface area (TPSA) is 63.7 Å². The molecule has 0 amide bonds. The highest BCUT2D eigenvalue weighted by Gasteiger charge is 2.30. The Bertz CT molecular complexity index is 612. The largest absolute Gasteiger partial charge is 0.465 e. The summed E-state index contributed by atoms with van der Waals surface area (Å²) in [6.45, 7) is 3.43. The second-order valence-corrected chi connectivity index (χ2v) is 5.72. The normalized spacial score (nSPS) is 11.7. The molecule has 0 aliphatic heterocycles. The van der Waals surface area contributed by atoms with E-state index in [1.165, 1.54) is 0 Å². The first kappa shape index (κ1) is 16.5. The van der Waals surface area contributed by atoms with E-state index in [-0.39, 0.29) is 13.1 Å². The second-order valence-electron chi connectivity index (χ2n) is 3.82. The van der Waals surface area contributed by atoms with E-state index in [1.54, 1.807) is 13.8 Å². The van der Waals surface area contributed by atoms with Crippen LogP contribution in [0.2, 0.25) is 0 Å². The predicted octanol–water partition coefficient (Wildman–Crippen LogP) is 1.78. The molecular formula is C12H15F2NO4S.